The minimum atomic E-state index is -2.59. The van der Waals surface area contributed by atoms with Gasteiger partial charge in [0, 0.05) is 24.6 Å². The van der Waals surface area contributed by atoms with Crippen LogP contribution in [0, 0.1) is 0 Å². The molecule has 1 aliphatic carbocycles. The van der Waals surface area contributed by atoms with E-state index < -0.39 is 5.92 Å². The van der Waals surface area contributed by atoms with E-state index in [0.29, 0.717) is 29.8 Å². The largest absolute Gasteiger partial charge is 0.474 e. The van der Waals surface area contributed by atoms with Gasteiger partial charge in [0.1, 0.15) is 18.1 Å². The molecule has 23 heavy (non-hydrogen) atoms. The number of hydrogen-bond donors (Lipinski definition) is 1. The molecule has 0 amide bonds. The van der Waals surface area contributed by atoms with Crippen LogP contribution < -0.4 is 4.74 Å². The number of nitrogens with zero attached hydrogens (tertiary/aromatic N) is 2. The Bertz CT molecular complexity index is 745. The van der Waals surface area contributed by atoms with Crippen LogP contribution in [0.15, 0.2) is 18.6 Å². The maximum Gasteiger partial charge on any atom is 0.248 e. The lowest BCUT2D eigenvalue weighted by Gasteiger charge is -2.28. The Morgan fingerprint density at radius 2 is 2.13 bits per heavy atom. The Labute approximate surface area is 131 Å². The highest BCUT2D eigenvalue weighted by Gasteiger charge is 2.36. The summed E-state index contributed by atoms with van der Waals surface area (Å²) in [5.74, 6) is -2.31. The van der Waals surface area contributed by atoms with Crippen molar-refractivity contribution in [1.82, 2.24) is 15.0 Å². The number of rotatable bonds is 4. The highest BCUT2D eigenvalue weighted by atomic mass is 19.3. The van der Waals surface area contributed by atoms with E-state index in [1.54, 1.807) is 12.3 Å². The first-order chi connectivity index (χ1) is 10.9. The molecule has 2 aromatic heterocycles. The summed E-state index contributed by atoms with van der Waals surface area (Å²) in [6.45, 7) is 1.46. The second-order valence-corrected chi connectivity index (χ2v) is 5.76. The van der Waals surface area contributed by atoms with Gasteiger partial charge in [-0.2, -0.15) is 0 Å². The highest BCUT2D eigenvalue weighted by Crippen LogP contribution is 2.36. The van der Waals surface area contributed by atoms with Crippen molar-refractivity contribution in [3.63, 3.8) is 0 Å². The maximum atomic E-state index is 13.2. The van der Waals surface area contributed by atoms with Crippen molar-refractivity contribution in [2.24, 2.45) is 0 Å². The minimum absolute atomic E-state index is 0.0758. The molecule has 3 rings (SSSR count). The Kier molecular flexibility index (Phi) is 4.11. The van der Waals surface area contributed by atoms with E-state index >= 15 is 0 Å². The molecule has 2 heterocycles. The van der Waals surface area contributed by atoms with Crippen molar-refractivity contribution < 1.29 is 18.3 Å². The number of H-pyrrole nitrogens is 1. The van der Waals surface area contributed by atoms with Gasteiger partial charge in [0.15, 0.2) is 5.78 Å². The lowest BCUT2D eigenvalue weighted by molar-refractivity contribution is -0.112. The molecule has 1 N–H and O–H groups in total. The van der Waals surface area contributed by atoms with Gasteiger partial charge < -0.3 is 9.72 Å². The van der Waals surface area contributed by atoms with Gasteiger partial charge in [-0.25, -0.2) is 18.7 Å². The predicted molar refractivity (Wildman–Crippen MR) is 81.4 cm³/mol. The predicted octanol–water partition coefficient (Wildman–Crippen LogP) is 3.52. The summed E-state index contributed by atoms with van der Waals surface area (Å²) in [7, 11) is 0. The van der Waals surface area contributed by atoms with Crippen molar-refractivity contribution >= 4 is 22.9 Å². The van der Waals surface area contributed by atoms with Crippen LogP contribution in [0.4, 0.5) is 8.78 Å². The Hall–Kier alpha value is -2.31. The molecule has 0 atom stereocenters. The molecule has 1 saturated carbocycles. The second-order valence-electron chi connectivity index (χ2n) is 5.76. The van der Waals surface area contributed by atoms with Crippen LogP contribution in [0.25, 0.3) is 17.1 Å². The number of alkyl halides is 2. The highest BCUT2D eigenvalue weighted by molar-refractivity contribution is 5.96. The number of allylic oxidation sites excluding steroid dienone is 1. The molecule has 5 nitrogen and oxygen atoms in total. The maximum absolute atomic E-state index is 13.2. The second kappa shape index (κ2) is 6.06. The van der Waals surface area contributed by atoms with Gasteiger partial charge in [-0.1, -0.05) is 0 Å². The average molecular weight is 321 g/mol. The van der Waals surface area contributed by atoms with Crippen molar-refractivity contribution in [3.8, 4) is 5.88 Å². The SMILES string of the molecule is CC(=O)C=Cc1c[nH]c2ncnc(OC3CCC(F)(F)CC3)c12. The van der Waals surface area contributed by atoms with Crippen LogP contribution in [-0.2, 0) is 4.79 Å². The lowest BCUT2D eigenvalue weighted by Crippen LogP contribution is -2.31. The van der Waals surface area contributed by atoms with E-state index in [1.165, 1.54) is 19.3 Å². The average Bonchev–Trinajstić information content (AvgIpc) is 2.91. The van der Waals surface area contributed by atoms with Crippen LogP contribution in [0.2, 0.25) is 0 Å². The fraction of sp³-hybridized carbons (Fsp3) is 0.438. The molecule has 0 aliphatic heterocycles. The van der Waals surface area contributed by atoms with E-state index in [4.69, 9.17) is 4.74 Å². The summed E-state index contributed by atoms with van der Waals surface area (Å²) in [4.78, 5) is 22.4. The molecule has 1 fully saturated rings. The molecule has 0 radical (unpaired) electrons. The summed E-state index contributed by atoms with van der Waals surface area (Å²) in [5.41, 5.74) is 1.31. The van der Waals surface area contributed by atoms with Gasteiger partial charge in [0.2, 0.25) is 11.8 Å². The number of fused-ring (bicyclic) bond motifs is 1. The van der Waals surface area contributed by atoms with E-state index in [2.05, 4.69) is 15.0 Å². The molecule has 0 aromatic carbocycles. The van der Waals surface area contributed by atoms with Gasteiger partial charge in [-0.15, -0.1) is 0 Å². The number of halogens is 2. The molecule has 0 unspecified atom stereocenters. The number of carbonyl (C=O) groups is 1. The third kappa shape index (κ3) is 3.55. The van der Waals surface area contributed by atoms with Gasteiger partial charge >= 0.3 is 0 Å². The van der Waals surface area contributed by atoms with Crippen LogP contribution in [0.3, 0.4) is 0 Å². The molecule has 7 heteroatoms. The van der Waals surface area contributed by atoms with Crippen molar-refractivity contribution in [2.75, 3.05) is 0 Å². The molecule has 2 aromatic rings. The summed E-state index contributed by atoms with van der Waals surface area (Å²) in [6.07, 6.45) is 6.14. The fourth-order valence-corrected chi connectivity index (χ4v) is 2.67. The number of aromatic nitrogens is 3. The van der Waals surface area contributed by atoms with E-state index in [1.807, 2.05) is 0 Å². The Morgan fingerprint density at radius 1 is 1.39 bits per heavy atom. The van der Waals surface area contributed by atoms with Gasteiger partial charge in [-0.3, -0.25) is 4.79 Å². The lowest BCUT2D eigenvalue weighted by atomic mass is 9.94. The van der Waals surface area contributed by atoms with E-state index in [-0.39, 0.29) is 24.7 Å². The quantitative estimate of drug-likeness (QED) is 0.875. The summed E-state index contributed by atoms with van der Waals surface area (Å²) >= 11 is 0. The van der Waals surface area contributed by atoms with E-state index in [0.717, 1.165) is 5.56 Å². The summed E-state index contributed by atoms with van der Waals surface area (Å²) in [5, 5.41) is 0.655. The third-order valence-electron chi connectivity index (χ3n) is 3.91. The molecule has 1 aliphatic rings. The number of carbonyl (C=O) groups excluding carboxylic acids is 1. The standard InChI is InChI=1S/C16H17F2N3O2/c1-10(22)2-3-11-8-19-14-13(11)15(21-9-20-14)23-12-4-6-16(17,18)7-5-12/h2-3,8-9,12H,4-7H2,1H3,(H,19,20,21). The van der Waals surface area contributed by atoms with Crippen LogP contribution in [0.1, 0.15) is 38.2 Å². The zero-order valence-electron chi connectivity index (χ0n) is 12.7. The number of ketones is 1. The monoisotopic (exact) mass is 321 g/mol. The van der Waals surface area contributed by atoms with Crippen LogP contribution in [-0.4, -0.2) is 32.8 Å². The molecule has 122 valence electrons. The topological polar surface area (TPSA) is 67.9 Å². The van der Waals surface area contributed by atoms with Crippen molar-refractivity contribution in [3.05, 3.63) is 24.2 Å². The summed E-state index contributed by atoms with van der Waals surface area (Å²) in [6, 6.07) is 0. The minimum Gasteiger partial charge on any atom is -0.474 e. The van der Waals surface area contributed by atoms with Gasteiger partial charge in [0.05, 0.1) is 5.39 Å². The summed E-state index contributed by atoms with van der Waals surface area (Å²) < 4.78 is 32.3. The zero-order chi connectivity index (χ0) is 16.4. The Morgan fingerprint density at radius 3 is 2.83 bits per heavy atom. The first-order valence-electron chi connectivity index (χ1n) is 7.50. The number of aromatic amines is 1. The van der Waals surface area contributed by atoms with Crippen LogP contribution >= 0.6 is 0 Å². The first kappa shape index (κ1) is 15.6. The first-order valence-corrected chi connectivity index (χ1v) is 7.50. The smallest absolute Gasteiger partial charge is 0.248 e. The fourth-order valence-electron chi connectivity index (χ4n) is 2.67. The van der Waals surface area contributed by atoms with Crippen LogP contribution in [0.5, 0.6) is 5.88 Å². The number of ether oxygens (including phenoxy) is 1. The zero-order valence-corrected chi connectivity index (χ0v) is 12.7. The molecule has 0 spiro atoms. The van der Waals surface area contributed by atoms with Crippen molar-refractivity contribution in [1.29, 1.82) is 0 Å². The molecular formula is C16H17F2N3O2. The normalized spacial score (nSPS) is 18.6. The molecule has 0 saturated heterocycles. The van der Waals surface area contributed by atoms with Gasteiger partial charge in [0.25, 0.3) is 0 Å². The number of hydrogen-bond acceptors (Lipinski definition) is 4. The van der Waals surface area contributed by atoms with Gasteiger partial charge in [-0.05, 0) is 31.9 Å². The third-order valence-corrected chi connectivity index (χ3v) is 3.91. The van der Waals surface area contributed by atoms with Crippen molar-refractivity contribution in [2.45, 2.75) is 44.6 Å². The molecular weight excluding hydrogens is 304 g/mol. The van der Waals surface area contributed by atoms with E-state index in [9.17, 15) is 13.6 Å². The number of nitrogens with one attached hydrogen (secondary N) is 1. The molecule has 0 bridgehead atoms. The Balaban J connectivity index is 1.86.